The summed E-state index contributed by atoms with van der Waals surface area (Å²) in [5, 5.41) is 7.25. The van der Waals surface area contributed by atoms with Crippen LogP contribution in [0.5, 0.6) is 5.75 Å². The summed E-state index contributed by atoms with van der Waals surface area (Å²) in [5.74, 6) is 0.778. The van der Waals surface area contributed by atoms with Crippen LogP contribution >= 0.6 is 24.8 Å². The van der Waals surface area contributed by atoms with Gasteiger partial charge in [0.25, 0.3) is 0 Å². The van der Waals surface area contributed by atoms with Gasteiger partial charge in [0.05, 0.1) is 6.61 Å². The van der Waals surface area contributed by atoms with Gasteiger partial charge in [0.1, 0.15) is 11.6 Å². The van der Waals surface area contributed by atoms with Gasteiger partial charge in [0.2, 0.25) is 0 Å². The molecule has 5 N–H and O–H groups in total. The Labute approximate surface area is 108 Å². The number of nitrogens with two attached hydrogens (primary N) is 2. The molecule has 0 aliphatic heterocycles. The van der Waals surface area contributed by atoms with Crippen LogP contribution in [0.3, 0.4) is 0 Å². The van der Waals surface area contributed by atoms with E-state index in [0.29, 0.717) is 18.7 Å². The lowest BCUT2D eigenvalue weighted by Gasteiger charge is -2.06. The predicted octanol–water partition coefficient (Wildman–Crippen LogP) is 1.54. The van der Waals surface area contributed by atoms with Crippen LogP contribution in [0.4, 0.5) is 0 Å². The lowest BCUT2D eigenvalue weighted by atomic mass is 10.2. The quantitative estimate of drug-likeness (QED) is 0.429. The molecule has 1 aromatic carbocycles. The molecule has 0 radical (unpaired) electrons. The van der Waals surface area contributed by atoms with E-state index in [-0.39, 0.29) is 30.6 Å². The lowest BCUT2D eigenvalue weighted by Crippen LogP contribution is -2.11. The van der Waals surface area contributed by atoms with Crippen molar-refractivity contribution in [2.45, 2.75) is 6.42 Å². The zero-order valence-corrected chi connectivity index (χ0v) is 10.4. The molecular weight excluding hydrogens is 249 g/mol. The second-order valence-electron chi connectivity index (χ2n) is 2.93. The van der Waals surface area contributed by atoms with Gasteiger partial charge in [-0.25, -0.2) is 0 Å². The standard InChI is InChI=1S/C10H15N3O.2ClH/c11-5-2-6-14-9-4-1-3-8(7-9)10(12)13;;/h1,3-4,7H,2,5-6,11H2,(H3,12,13);2*1H. The number of nitrogen functional groups attached to an aromatic ring is 1. The summed E-state index contributed by atoms with van der Waals surface area (Å²) in [7, 11) is 0. The molecule has 0 aromatic heterocycles. The van der Waals surface area contributed by atoms with Crippen molar-refractivity contribution in [1.82, 2.24) is 0 Å². The zero-order valence-electron chi connectivity index (χ0n) is 8.81. The van der Waals surface area contributed by atoms with Crippen molar-refractivity contribution in [2.75, 3.05) is 13.2 Å². The second-order valence-corrected chi connectivity index (χ2v) is 2.93. The highest BCUT2D eigenvalue weighted by Gasteiger charge is 1.98. The summed E-state index contributed by atoms with van der Waals surface area (Å²) >= 11 is 0. The smallest absolute Gasteiger partial charge is 0.122 e. The topological polar surface area (TPSA) is 85.1 Å². The average molecular weight is 266 g/mol. The minimum atomic E-state index is 0. The SMILES string of the molecule is Cl.Cl.N=C(N)c1cccc(OCCCN)c1. The van der Waals surface area contributed by atoms with Crippen molar-refractivity contribution in [3.63, 3.8) is 0 Å². The van der Waals surface area contributed by atoms with E-state index in [1.807, 2.05) is 12.1 Å². The maximum atomic E-state index is 7.25. The van der Waals surface area contributed by atoms with Crippen LogP contribution in [-0.2, 0) is 0 Å². The first kappa shape index (κ1) is 17.4. The van der Waals surface area contributed by atoms with Crippen LogP contribution in [0.15, 0.2) is 24.3 Å². The van der Waals surface area contributed by atoms with Crippen molar-refractivity contribution in [3.8, 4) is 5.75 Å². The number of ether oxygens (including phenoxy) is 1. The average Bonchev–Trinajstić information content (AvgIpc) is 2.19. The Bertz CT molecular complexity index is 321. The molecule has 0 bridgehead atoms. The number of hydrogen-bond donors (Lipinski definition) is 3. The molecule has 0 heterocycles. The fraction of sp³-hybridized carbons (Fsp3) is 0.300. The van der Waals surface area contributed by atoms with Gasteiger partial charge in [-0.15, -0.1) is 24.8 Å². The summed E-state index contributed by atoms with van der Waals surface area (Å²) in [6.45, 7) is 1.21. The summed E-state index contributed by atoms with van der Waals surface area (Å²) in [6, 6.07) is 7.18. The van der Waals surface area contributed by atoms with Gasteiger partial charge in [0.15, 0.2) is 0 Å². The number of amidine groups is 1. The Hall–Kier alpha value is -0.970. The zero-order chi connectivity index (χ0) is 10.4. The molecule has 1 aromatic rings. The molecule has 0 amide bonds. The molecule has 0 fully saturated rings. The highest BCUT2D eigenvalue weighted by molar-refractivity contribution is 5.95. The van der Waals surface area contributed by atoms with E-state index in [9.17, 15) is 0 Å². The number of hydrogen-bond acceptors (Lipinski definition) is 3. The van der Waals surface area contributed by atoms with Gasteiger partial charge in [0, 0.05) is 5.56 Å². The number of benzene rings is 1. The van der Waals surface area contributed by atoms with E-state index < -0.39 is 0 Å². The Morgan fingerprint density at radius 1 is 1.31 bits per heavy atom. The molecule has 0 atom stereocenters. The van der Waals surface area contributed by atoms with Crippen molar-refractivity contribution < 1.29 is 4.74 Å². The number of halogens is 2. The first-order valence-electron chi connectivity index (χ1n) is 4.51. The van der Waals surface area contributed by atoms with Crippen molar-refractivity contribution in [2.24, 2.45) is 11.5 Å². The van der Waals surface area contributed by atoms with Crippen molar-refractivity contribution in [1.29, 1.82) is 5.41 Å². The maximum Gasteiger partial charge on any atom is 0.122 e. The van der Waals surface area contributed by atoms with Crippen molar-refractivity contribution >= 4 is 30.6 Å². The molecule has 0 saturated heterocycles. The second kappa shape index (κ2) is 9.27. The summed E-state index contributed by atoms with van der Waals surface area (Å²) < 4.78 is 5.40. The van der Waals surface area contributed by atoms with E-state index >= 15 is 0 Å². The normalized spacial score (nSPS) is 8.56. The van der Waals surface area contributed by atoms with Crippen LogP contribution in [-0.4, -0.2) is 19.0 Å². The van der Waals surface area contributed by atoms with Gasteiger partial charge in [-0.2, -0.15) is 0 Å². The molecule has 0 spiro atoms. The molecule has 4 nitrogen and oxygen atoms in total. The first-order chi connectivity index (χ1) is 6.74. The number of rotatable bonds is 5. The summed E-state index contributed by atoms with van der Waals surface area (Å²) in [4.78, 5) is 0. The minimum Gasteiger partial charge on any atom is -0.494 e. The van der Waals surface area contributed by atoms with Gasteiger partial charge in [-0.05, 0) is 25.1 Å². The van der Waals surface area contributed by atoms with Crippen LogP contribution in [0.2, 0.25) is 0 Å². The molecule has 0 aliphatic carbocycles. The lowest BCUT2D eigenvalue weighted by molar-refractivity contribution is 0.313. The van der Waals surface area contributed by atoms with E-state index in [2.05, 4.69) is 0 Å². The highest BCUT2D eigenvalue weighted by atomic mass is 35.5. The number of nitrogens with one attached hydrogen (secondary N) is 1. The molecule has 16 heavy (non-hydrogen) atoms. The van der Waals surface area contributed by atoms with Crippen LogP contribution in [0, 0.1) is 5.41 Å². The molecule has 92 valence electrons. The first-order valence-corrected chi connectivity index (χ1v) is 4.51. The molecule has 0 unspecified atom stereocenters. The van der Waals surface area contributed by atoms with E-state index in [0.717, 1.165) is 12.2 Å². The molecule has 0 aliphatic rings. The fourth-order valence-electron chi connectivity index (χ4n) is 1.03. The Morgan fingerprint density at radius 2 is 2.00 bits per heavy atom. The third-order valence-corrected chi connectivity index (χ3v) is 1.76. The van der Waals surface area contributed by atoms with E-state index in [1.165, 1.54) is 0 Å². The third-order valence-electron chi connectivity index (χ3n) is 1.76. The van der Waals surface area contributed by atoms with Crippen molar-refractivity contribution in [3.05, 3.63) is 29.8 Å². The van der Waals surface area contributed by atoms with Gasteiger partial charge in [-0.1, -0.05) is 12.1 Å². The maximum absolute atomic E-state index is 7.25. The predicted molar refractivity (Wildman–Crippen MR) is 71.1 cm³/mol. The molecule has 0 saturated carbocycles. The van der Waals surface area contributed by atoms with Gasteiger partial charge in [-0.3, -0.25) is 5.41 Å². The van der Waals surface area contributed by atoms with Crippen LogP contribution in [0.25, 0.3) is 0 Å². The third kappa shape index (κ3) is 5.80. The van der Waals surface area contributed by atoms with E-state index in [4.69, 9.17) is 21.6 Å². The Balaban J connectivity index is 0. The van der Waals surface area contributed by atoms with Crippen LogP contribution < -0.4 is 16.2 Å². The van der Waals surface area contributed by atoms with Crippen LogP contribution in [0.1, 0.15) is 12.0 Å². The monoisotopic (exact) mass is 265 g/mol. The summed E-state index contributed by atoms with van der Waals surface area (Å²) in [6.07, 6.45) is 0.824. The van der Waals surface area contributed by atoms with Gasteiger partial charge < -0.3 is 16.2 Å². The summed E-state index contributed by atoms with van der Waals surface area (Å²) in [5.41, 5.74) is 11.4. The van der Waals surface area contributed by atoms with E-state index in [1.54, 1.807) is 12.1 Å². The molecular formula is C10H17Cl2N3O. The molecule has 6 heteroatoms. The Kier molecular flexibility index (Phi) is 10.1. The Morgan fingerprint density at radius 3 is 2.56 bits per heavy atom. The van der Waals surface area contributed by atoms with Gasteiger partial charge >= 0.3 is 0 Å². The fourth-order valence-corrected chi connectivity index (χ4v) is 1.03. The highest BCUT2D eigenvalue weighted by Crippen LogP contribution is 2.12. The minimum absolute atomic E-state index is 0. The molecule has 1 rings (SSSR count). The largest absolute Gasteiger partial charge is 0.494 e.